The van der Waals surface area contributed by atoms with Gasteiger partial charge in [-0.3, -0.25) is 4.68 Å². The highest BCUT2D eigenvalue weighted by molar-refractivity contribution is 7.91. The van der Waals surface area contributed by atoms with Crippen LogP contribution in [0.25, 0.3) is 11.3 Å². The highest BCUT2D eigenvalue weighted by Crippen LogP contribution is 2.36. The first-order chi connectivity index (χ1) is 13.2. The standard InChI is InChI=1S/C18H18F3N5OS/c1-4-28(27)13-5-6-15(11(2)7-13)24-17-22-9-14(18(19,20)21)16(25-17)12-8-23-26(3)10-12/h5-10H,4H2,1-3H3,(H,22,24,25). The van der Waals surface area contributed by atoms with Gasteiger partial charge in [0.2, 0.25) is 5.95 Å². The van der Waals surface area contributed by atoms with E-state index in [1.807, 2.05) is 13.8 Å². The molecule has 2 aromatic heterocycles. The Labute approximate surface area is 163 Å². The van der Waals surface area contributed by atoms with E-state index in [9.17, 15) is 17.7 Å². The number of hydrogen-bond acceptors (Lipinski definition) is 5. The van der Waals surface area contributed by atoms with Crippen molar-refractivity contribution in [3.05, 3.63) is 47.9 Å². The smallest absolute Gasteiger partial charge is 0.419 e. The monoisotopic (exact) mass is 409 g/mol. The number of benzene rings is 1. The summed E-state index contributed by atoms with van der Waals surface area (Å²) in [6, 6.07) is 5.19. The van der Waals surface area contributed by atoms with Gasteiger partial charge in [0.15, 0.2) is 4.90 Å². The minimum absolute atomic E-state index is 0.0271. The molecule has 0 aliphatic rings. The zero-order valence-corrected chi connectivity index (χ0v) is 16.2. The van der Waals surface area contributed by atoms with Crippen LogP contribution in [-0.2, 0) is 24.4 Å². The molecule has 28 heavy (non-hydrogen) atoms. The third-order valence-electron chi connectivity index (χ3n) is 4.04. The van der Waals surface area contributed by atoms with Gasteiger partial charge in [-0.05, 0) is 48.8 Å². The minimum Gasteiger partial charge on any atom is -0.611 e. The minimum atomic E-state index is -4.59. The van der Waals surface area contributed by atoms with Crippen molar-refractivity contribution in [3.63, 3.8) is 0 Å². The van der Waals surface area contributed by atoms with E-state index in [2.05, 4.69) is 20.4 Å². The topological polar surface area (TPSA) is 78.7 Å². The number of rotatable bonds is 5. The Kier molecular flexibility index (Phi) is 5.61. The summed E-state index contributed by atoms with van der Waals surface area (Å²) < 4.78 is 53.4. The molecular weight excluding hydrogens is 391 g/mol. The van der Waals surface area contributed by atoms with Gasteiger partial charge in [-0.15, -0.1) is 0 Å². The van der Waals surface area contributed by atoms with Crippen LogP contribution in [-0.4, -0.2) is 30.1 Å². The number of anilines is 2. The molecule has 0 bridgehead atoms. The number of nitrogens with one attached hydrogen (secondary N) is 1. The molecule has 6 nitrogen and oxygen atoms in total. The molecule has 0 saturated carbocycles. The van der Waals surface area contributed by atoms with E-state index in [0.717, 1.165) is 11.8 Å². The number of aromatic nitrogens is 4. The summed E-state index contributed by atoms with van der Waals surface area (Å²) in [7, 11) is 1.61. The molecule has 0 aliphatic heterocycles. The summed E-state index contributed by atoms with van der Waals surface area (Å²) in [5, 5.41) is 6.85. The largest absolute Gasteiger partial charge is 0.611 e. The Balaban J connectivity index is 1.98. The van der Waals surface area contributed by atoms with E-state index in [4.69, 9.17) is 0 Å². The number of hydrogen-bond donors (Lipinski definition) is 1. The van der Waals surface area contributed by atoms with Crippen molar-refractivity contribution >= 4 is 22.8 Å². The van der Waals surface area contributed by atoms with Crippen molar-refractivity contribution in [2.24, 2.45) is 7.05 Å². The summed E-state index contributed by atoms with van der Waals surface area (Å²) in [6.07, 6.45) is -1.05. The van der Waals surface area contributed by atoms with E-state index in [0.29, 0.717) is 16.3 Å². The fourth-order valence-electron chi connectivity index (χ4n) is 2.62. The zero-order chi connectivity index (χ0) is 20.5. The maximum absolute atomic E-state index is 13.4. The molecule has 0 fully saturated rings. The first-order valence-electron chi connectivity index (χ1n) is 8.38. The van der Waals surface area contributed by atoms with Crippen LogP contribution in [0.4, 0.5) is 24.8 Å². The third kappa shape index (κ3) is 4.28. The molecule has 1 unspecified atom stereocenters. The van der Waals surface area contributed by atoms with E-state index in [1.54, 1.807) is 25.2 Å². The lowest BCUT2D eigenvalue weighted by Crippen LogP contribution is -2.11. The van der Waals surface area contributed by atoms with E-state index in [1.165, 1.54) is 17.1 Å². The van der Waals surface area contributed by atoms with Crippen molar-refractivity contribution in [1.82, 2.24) is 19.7 Å². The maximum Gasteiger partial charge on any atom is 0.419 e. The van der Waals surface area contributed by atoms with Crippen molar-refractivity contribution in [3.8, 4) is 11.3 Å². The molecule has 0 radical (unpaired) electrons. The molecule has 1 atom stereocenters. The van der Waals surface area contributed by atoms with Crippen molar-refractivity contribution in [2.45, 2.75) is 24.9 Å². The molecule has 10 heteroatoms. The number of nitrogens with zero attached hydrogens (tertiary/aromatic N) is 4. The zero-order valence-electron chi connectivity index (χ0n) is 15.4. The Morgan fingerprint density at radius 2 is 2.00 bits per heavy atom. The van der Waals surface area contributed by atoms with Crippen LogP contribution in [0.3, 0.4) is 0 Å². The first kappa shape index (κ1) is 20.2. The average molecular weight is 409 g/mol. The van der Waals surface area contributed by atoms with Gasteiger partial charge in [0.1, 0.15) is 11.3 Å². The number of alkyl halides is 3. The van der Waals surface area contributed by atoms with Crippen molar-refractivity contribution < 1.29 is 17.7 Å². The highest BCUT2D eigenvalue weighted by atomic mass is 32.2. The molecule has 0 spiro atoms. The summed E-state index contributed by atoms with van der Waals surface area (Å²) in [6.45, 7) is 3.64. The quantitative estimate of drug-likeness (QED) is 0.643. The average Bonchev–Trinajstić information content (AvgIpc) is 3.08. The van der Waals surface area contributed by atoms with Crippen LogP contribution in [0.15, 0.2) is 41.7 Å². The van der Waals surface area contributed by atoms with Crippen LogP contribution in [0.2, 0.25) is 0 Å². The van der Waals surface area contributed by atoms with Gasteiger partial charge in [0.25, 0.3) is 0 Å². The summed E-state index contributed by atoms with van der Waals surface area (Å²) in [5.74, 6) is 0.530. The van der Waals surface area contributed by atoms with Gasteiger partial charge in [-0.1, -0.05) is 0 Å². The second-order valence-corrected chi connectivity index (χ2v) is 7.83. The van der Waals surface area contributed by atoms with Crippen LogP contribution in [0, 0.1) is 6.92 Å². The van der Waals surface area contributed by atoms with Crippen LogP contribution in [0.5, 0.6) is 0 Å². The molecule has 0 amide bonds. The second kappa shape index (κ2) is 7.80. The van der Waals surface area contributed by atoms with E-state index in [-0.39, 0.29) is 17.2 Å². The predicted molar refractivity (Wildman–Crippen MR) is 101 cm³/mol. The van der Waals surface area contributed by atoms with Gasteiger partial charge >= 0.3 is 6.18 Å². The van der Waals surface area contributed by atoms with Crippen LogP contribution >= 0.6 is 0 Å². The number of halogens is 3. The predicted octanol–water partition coefficient (Wildman–Crippen LogP) is 4.08. The Hall–Kier alpha value is -2.59. The Morgan fingerprint density at radius 1 is 1.25 bits per heavy atom. The molecule has 1 aromatic carbocycles. The normalized spacial score (nSPS) is 12.8. The fourth-order valence-corrected chi connectivity index (χ4v) is 3.48. The van der Waals surface area contributed by atoms with Crippen molar-refractivity contribution in [2.75, 3.05) is 11.1 Å². The third-order valence-corrected chi connectivity index (χ3v) is 5.35. The molecule has 148 valence electrons. The van der Waals surface area contributed by atoms with Gasteiger partial charge < -0.3 is 9.87 Å². The second-order valence-electron chi connectivity index (χ2n) is 6.09. The molecule has 0 saturated heterocycles. The van der Waals surface area contributed by atoms with E-state index >= 15 is 0 Å². The molecule has 0 aliphatic carbocycles. The van der Waals surface area contributed by atoms with Crippen LogP contribution < -0.4 is 5.32 Å². The lowest BCUT2D eigenvalue weighted by molar-refractivity contribution is -0.137. The lowest BCUT2D eigenvalue weighted by Gasteiger charge is -2.14. The summed E-state index contributed by atoms with van der Waals surface area (Å²) >= 11 is -1.09. The summed E-state index contributed by atoms with van der Waals surface area (Å²) in [4.78, 5) is 8.59. The Bertz CT molecular complexity index is 990. The molecule has 3 aromatic rings. The van der Waals surface area contributed by atoms with Crippen LogP contribution in [0.1, 0.15) is 18.1 Å². The first-order valence-corrected chi connectivity index (χ1v) is 9.70. The molecule has 1 N–H and O–H groups in total. The van der Waals surface area contributed by atoms with Gasteiger partial charge in [0.05, 0.1) is 11.9 Å². The Morgan fingerprint density at radius 3 is 2.57 bits per heavy atom. The molecule has 3 rings (SSSR count). The van der Waals surface area contributed by atoms with Gasteiger partial charge in [-0.25, -0.2) is 9.97 Å². The van der Waals surface area contributed by atoms with Gasteiger partial charge in [0, 0.05) is 30.7 Å². The summed E-state index contributed by atoms with van der Waals surface area (Å²) in [5.41, 5.74) is 0.459. The van der Waals surface area contributed by atoms with E-state index < -0.39 is 22.9 Å². The van der Waals surface area contributed by atoms with Gasteiger partial charge in [-0.2, -0.15) is 18.3 Å². The molecular formula is C18H18F3N5OS. The molecule has 2 heterocycles. The SMILES string of the molecule is CC[S+]([O-])c1ccc(Nc2ncc(C(F)(F)F)c(-c3cnn(C)c3)n2)c(C)c1. The lowest BCUT2D eigenvalue weighted by atomic mass is 10.1. The highest BCUT2D eigenvalue weighted by Gasteiger charge is 2.35. The van der Waals surface area contributed by atoms with Crippen molar-refractivity contribution in [1.29, 1.82) is 0 Å². The number of aryl methyl sites for hydroxylation is 2. The fraction of sp³-hybridized carbons (Fsp3) is 0.278. The maximum atomic E-state index is 13.4.